The van der Waals surface area contributed by atoms with Crippen LogP contribution in [0.5, 0.6) is 0 Å². The van der Waals surface area contributed by atoms with Gasteiger partial charge < -0.3 is 16.6 Å². The number of rotatable bonds is 3. The van der Waals surface area contributed by atoms with E-state index in [0.717, 1.165) is 51.6 Å². The Morgan fingerprint density at radius 3 is 2.49 bits per heavy atom. The monoisotopic (exact) mass is 515 g/mol. The van der Waals surface area contributed by atoms with Gasteiger partial charge in [-0.05, 0) is 31.0 Å². The maximum absolute atomic E-state index is 8.78. The van der Waals surface area contributed by atoms with E-state index in [1.165, 1.54) is 25.6 Å². The van der Waals surface area contributed by atoms with Crippen LogP contribution in [0.25, 0.3) is 44.5 Å². The lowest BCUT2D eigenvalue weighted by atomic mass is 9.96. The van der Waals surface area contributed by atoms with Gasteiger partial charge in [-0.25, -0.2) is 24.4 Å². The summed E-state index contributed by atoms with van der Waals surface area (Å²) in [7, 11) is 0. The number of benzene rings is 2. The summed E-state index contributed by atoms with van der Waals surface area (Å²) in [4.78, 5) is 22.5. The predicted octanol–water partition coefficient (Wildman–Crippen LogP) is 6.07. The topological polar surface area (TPSA) is 146 Å². The molecule has 1 fully saturated rings. The van der Waals surface area contributed by atoms with E-state index >= 15 is 0 Å². The van der Waals surface area contributed by atoms with E-state index in [-0.39, 0.29) is 0 Å². The minimum absolute atomic E-state index is 0.311. The van der Waals surface area contributed by atoms with Crippen LogP contribution < -0.4 is 11.5 Å². The Labute approximate surface area is 218 Å². The Bertz CT molecular complexity index is 1580. The first-order valence-electron chi connectivity index (χ1n) is 12.1. The van der Waals surface area contributed by atoms with Crippen molar-refractivity contribution in [2.24, 2.45) is 5.73 Å². The summed E-state index contributed by atoms with van der Waals surface area (Å²) in [5.74, 6) is 0.416. The Kier molecular flexibility index (Phi) is 6.87. The van der Waals surface area contributed by atoms with Gasteiger partial charge in [0.15, 0.2) is 5.65 Å². The van der Waals surface area contributed by atoms with Crippen LogP contribution in [0.3, 0.4) is 0 Å². The average molecular weight is 516 g/mol. The summed E-state index contributed by atoms with van der Waals surface area (Å²) < 4.78 is 2.04. The SMILES string of the molecule is NC(=O)O.Nc1ncnc2c1c(-c1cc3nc(-c4ccccc4)ccc3cc1Cl)nn2C1CCCCC1. The molecule has 1 aliphatic rings. The maximum atomic E-state index is 8.78. The molecule has 1 saturated carbocycles. The molecule has 0 unspecified atom stereocenters. The van der Waals surface area contributed by atoms with E-state index in [9.17, 15) is 0 Å². The van der Waals surface area contributed by atoms with Gasteiger partial charge >= 0.3 is 6.09 Å². The number of nitrogens with two attached hydrogens (primary N) is 2. The number of carboxylic acid groups (broad SMARTS) is 1. The Morgan fingerprint density at radius 2 is 1.76 bits per heavy atom. The number of amides is 1. The first-order valence-corrected chi connectivity index (χ1v) is 12.4. The van der Waals surface area contributed by atoms with Crippen molar-refractivity contribution >= 4 is 45.4 Å². The molecule has 0 aliphatic heterocycles. The quantitative estimate of drug-likeness (QED) is 0.264. The van der Waals surface area contributed by atoms with Crippen LogP contribution in [0.15, 0.2) is 60.9 Å². The third-order valence-corrected chi connectivity index (χ3v) is 6.85. The molecule has 37 heavy (non-hydrogen) atoms. The molecule has 0 bridgehead atoms. The molecule has 5 N–H and O–H groups in total. The zero-order valence-corrected chi connectivity index (χ0v) is 20.8. The molecule has 3 aromatic heterocycles. The molecule has 0 radical (unpaired) electrons. The number of nitrogen functional groups attached to an aromatic ring is 1. The van der Waals surface area contributed by atoms with Crippen LogP contribution >= 0.6 is 11.6 Å². The highest BCUT2D eigenvalue weighted by Gasteiger charge is 2.25. The number of pyridine rings is 1. The molecule has 188 valence electrons. The standard InChI is InChI=1S/C26H23ClN6.CH3NO2/c27-20-13-17-11-12-21(16-7-3-1-4-8-16)31-22(17)14-19(20)24-23-25(28)29-15-30-26(23)33(32-24)18-9-5-2-6-10-18;2-1(3)4/h1,3-4,7-8,11-15,18H,2,5-6,9-10H2,(H2,28,29,30);2H2,(H,3,4). The number of carbonyl (C=O) groups is 1. The van der Waals surface area contributed by atoms with Crippen molar-refractivity contribution in [2.75, 3.05) is 5.73 Å². The van der Waals surface area contributed by atoms with Crippen molar-refractivity contribution in [3.63, 3.8) is 0 Å². The largest absolute Gasteiger partial charge is 0.465 e. The fraction of sp³-hybridized carbons (Fsp3) is 0.222. The Balaban J connectivity index is 0.000000655. The average Bonchev–Trinajstić information content (AvgIpc) is 3.29. The first-order chi connectivity index (χ1) is 17.9. The summed E-state index contributed by atoms with van der Waals surface area (Å²) in [6, 6.07) is 18.5. The summed E-state index contributed by atoms with van der Waals surface area (Å²) in [5, 5.41) is 14.5. The van der Waals surface area contributed by atoms with Crippen molar-refractivity contribution in [3.8, 4) is 22.5 Å². The second-order valence-corrected chi connectivity index (χ2v) is 9.38. The second-order valence-electron chi connectivity index (χ2n) is 8.97. The summed E-state index contributed by atoms with van der Waals surface area (Å²) in [6.07, 6.45) is 6.03. The minimum atomic E-state index is -1.33. The number of nitrogens with zero attached hydrogens (tertiary/aromatic N) is 5. The molecule has 0 spiro atoms. The van der Waals surface area contributed by atoms with E-state index in [4.69, 9.17) is 37.3 Å². The van der Waals surface area contributed by atoms with Gasteiger partial charge in [-0.3, -0.25) is 0 Å². The number of primary amides is 1. The van der Waals surface area contributed by atoms with Crippen LogP contribution in [-0.4, -0.2) is 35.9 Å². The van der Waals surface area contributed by atoms with Gasteiger partial charge in [0.25, 0.3) is 0 Å². The van der Waals surface area contributed by atoms with Crippen LogP contribution in [0.1, 0.15) is 38.1 Å². The molecule has 1 amide bonds. The fourth-order valence-corrected chi connectivity index (χ4v) is 5.12. The lowest BCUT2D eigenvalue weighted by Crippen LogP contribution is -2.14. The molecular weight excluding hydrogens is 490 g/mol. The zero-order chi connectivity index (χ0) is 25.9. The molecule has 9 nitrogen and oxygen atoms in total. The number of fused-ring (bicyclic) bond motifs is 2. The summed E-state index contributed by atoms with van der Waals surface area (Å²) in [5.41, 5.74) is 15.5. The lowest BCUT2D eigenvalue weighted by Gasteiger charge is -2.22. The van der Waals surface area contributed by atoms with E-state index in [1.54, 1.807) is 0 Å². The number of hydrogen-bond acceptors (Lipinski definition) is 6. The normalized spacial score (nSPS) is 13.9. The van der Waals surface area contributed by atoms with E-state index in [0.29, 0.717) is 22.6 Å². The number of anilines is 1. The molecule has 1 aliphatic carbocycles. The van der Waals surface area contributed by atoms with Gasteiger partial charge in [0.05, 0.1) is 27.7 Å². The van der Waals surface area contributed by atoms with E-state index in [2.05, 4.69) is 33.9 Å². The van der Waals surface area contributed by atoms with E-state index < -0.39 is 6.09 Å². The highest BCUT2D eigenvalue weighted by Crippen LogP contribution is 2.39. The van der Waals surface area contributed by atoms with Crippen LogP contribution in [0.4, 0.5) is 10.6 Å². The first kappa shape index (κ1) is 24.5. The number of aromatic nitrogens is 5. The molecule has 3 heterocycles. The number of halogens is 1. The van der Waals surface area contributed by atoms with Gasteiger partial charge in [0, 0.05) is 16.5 Å². The molecule has 6 rings (SSSR count). The van der Waals surface area contributed by atoms with Crippen molar-refractivity contribution in [1.82, 2.24) is 24.7 Å². The third kappa shape index (κ3) is 5.03. The van der Waals surface area contributed by atoms with Crippen molar-refractivity contribution in [1.29, 1.82) is 0 Å². The Hall–Kier alpha value is -4.24. The maximum Gasteiger partial charge on any atom is 0.402 e. The van der Waals surface area contributed by atoms with Crippen LogP contribution in [0.2, 0.25) is 5.02 Å². The molecule has 0 atom stereocenters. The van der Waals surface area contributed by atoms with Gasteiger partial charge in [-0.2, -0.15) is 5.10 Å². The fourth-order valence-electron chi connectivity index (χ4n) is 4.86. The van der Waals surface area contributed by atoms with Crippen molar-refractivity contribution in [2.45, 2.75) is 38.1 Å². The molecular formula is C27H26ClN7O2. The van der Waals surface area contributed by atoms with Gasteiger partial charge in [0.2, 0.25) is 0 Å². The predicted molar refractivity (Wildman–Crippen MR) is 145 cm³/mol. The molecule has 10 heteroatoms. The van der Waals surface area contributed by atoms with Gasteiger partial charge in [-0.15, -0.1) is 0 Å². The van der Waals surface area contributed by atoms with E-state index in [1.807, 2.05) is 41.1 Å². The Morgan fingerprint density at radius 1 is 1.03 bits per heavy atom. The highest BCUT2D eigenvalue weighted by molar-refractivity contribution is 6.34. The third-order valence-electron chi connectivity index (χ3n) is 6.54. The summed E-state index contributed by atoms with van der Waals surface area (Å²) in [6.45, 7) is 0. The van der Waals surface area contributed by atoms with Crippen LogP contribution in [-0.2, 0) is 0 Å². The van der Waals surface area contributed by atoms with Crippen LogP contribution in [0, 0.1) is 0 Å². The zero-order valence-electron chi connectivity index (χ0n) is 20.0. The summed E-state index contributed by atoms with van der Waals surface area (Å²) >= 11 is 6.78. The van der Waals surface area contributed by atoms with Gasteiger partial charge in [-0.1, -0.05) is 67.3 Å². The lowest BCUT2D eigenvalue weighted by molar-refractivity contribution is 0.205. The van der Waals surface area contributed by atoms with Gasteiger partial charge in [0.1, 0.15) is 17.8 Å². The second kappa shape index (κ2) is 10.4. The molecule has 5 aromatic rings. The molecule has 0 saturated heterocycles. The van der Waals surface area contributed by atoms with Crippen molar-refractivity contribution < 1.29 is 9.90 Å². The van der Waals surface area contributed by atoms with Crippen molar-refractivity contribution in [3.05, 3.63) is 65.9 Å². The smallest absolute Gasteiger partial charge is 0.402 e. The highest BCUT2D eigenvalue weighted by atomic mass is 35.5. The molecule has 2 aromatic carbocycles. The minimum Gasteiger partial charge on any atom is -0.465 e. The number of hydrogen-bond donors (Lipinski definition) is 3.